The van der Waals surface area contributed by atoms with E-state index in [9.17, 15) is 9.59 Å². The van der Waals surface area contributed by atoms with Gasteiger partial charge in [-0.25, -0.2) is 0 Å². The summed E-state index contributed by atoms with van der Waals surface area (Å²) in [4.78, 5) is 31.9. The molecule has 2 amide bonds. The largest absolute Gasteiger partial charge is 0.366 e. The SMILES string of the molecule is NC(=O)c1ccc(CN(CC(=O)N2CCc3sccc3C2c2cccs2)C2CC2)cc1. The van der Waals surface area contributed by atoms with Gasteiger partial charge in [-0.2, -0.15) is 0 Å². The molecule has 3 aromatic rings. The number of nitrogens with two attached hydrogens (primary N) is 1. The van der Waals surface area contributed by atoms with Crippen LogP contribution in [0.15, 0.2) is 53.2 Å². The van der Waals surface area contributed by atoms with Crippen LogP contribution in [0.3, 0.4) is 0 Å². The predicted octanol–water partition coefficient (Wildman–Crippen LogP) is 4.05. The van der Waals surface area contributed by atoms with Crippen LogP contribution in [0.1, 0.15) is 50.1 Å². The molecule has 2 N–H and O–H groups in total. The lowest BCUT2D eigenvalue weighted by atomic mass is 9.98. The monoisotopic (exact) mass is 451 g/mol. The zero-order chi connectivity index (χ0) is 21.4. The van der Waals surface area contributed by atoms with Crippen LogP contribution in [0.5, 0.6) is 0 Å². The van der Waals surface area contributed by atoms with Crippen molar-refractivity contribution >= 4 is 34.5 Å². The molecule has 0 saturated heterocycles. The van der Waals surface area contributed by atoms with Gasteiger partial charge in [0.25, 0.3) is 0 Å². The lowest BCUT2D eigenvalue weighted by Crippen LogP contribution is -2.45. The zero-order valence-corrected chi connectivity index (χ0v) is 18.8. The summed E-state index contributed by atoms with van der Waals surface area (Å²) in [6.07, 6.45) is 3.20. The molecule has 7 heteroatoms. The van der Waals surface area contributed by atoms with Crippen LogP contribution >= 0.6 is 22.7 Å². The van der Waals surface area contributed by atoms with Gasteiger partial charge in [0.15, 0.2) is 0 Å². The highest BCUT2D eigenvalue weighted by molar-refractivity contribution is 7.10. The molecule has 1 atom stereocenters. The van der Waals surface area contributed by atoms with Gasteiger partial charge in [-0.05, 0) is 65.4 Å². The smallest absolute Gasteiger partial charge is 0.248 e. The number of amides is 2. The fourth-order valence-electron chi connectivity index (χ4n) is 4.37. The second-order valence-electron chi connectivity index (χ2n) is 8.25. The van der Waals surface area contributed by atoms with E-state index in [-0.39, 0.29) is 11.9 Å². The number of hydrogen-bond acceptors (Lipinski definition) is 5. The van der Waals surface area contributed by atoms with E-state index in [2.05, 4.69) is 38.8 Å². The molecule has 0 spiro atoms. The van der Waals surface area contributed by atoms with Crippen LogP contribution in [0.25, 0.3) is 0 Å². The third-order valence-corrected chi connectivity index (χ3v) is 8.05. The van der Waals surface area contributed by atoms with E-state index < -0.39 is 5.91 Å². The summed E-state index contributed by atoms with van der Waals surface area (Å²) in [6, 6.07) is 14.3. The minimum absolute atomic E-state index is 0.0263. The Morgan fingerprint density at radius 1 is 1.06 bits per heavy atom. The van der Waals surface area contributed by atoms with E-state index in [1.54, 1.807) is 34.8 Å². The third-order valence-electron chi connectivity index (χ3n) is 6.12. The van der Waals surface area contributed by atoms with Gasteiger partial charge in [-0.1, -0.05) is 18.2 Å². The lowest BCUT2D eigenvalue weighted by Gasteiger charge is -2.37. The first-order chi connectivity index (χ1) is 15.1. The average molecular weight is 452 g/mol. The first-order valence-corrected chi connectivity index (χ1v) is 12.4. The summed E-state index contributed by atoms with van der Waals surface area (Å²) < 4.78 is 0. The molecular formula is C24H25N3O2S2. The topological polar surface area (TPSA) is 66.6 Å². The van der Waals surface area contributed by atoms with Crippen molar-refractivity contribution in [2.45, 2.75) is 37.9 Å². The highest BCUT2D eigenvalue weighted by atomic mass is 32.1. The van der Waals surface area contributed by atoms with Crippen molar-refractivity contribution in [3.8, 4) is 0 Å². The number of carbonyl (C=O) groups excluding carboxylic acids is 2. The fourth-order valence-corrected chi connectivity index (χ4v) is 6.12. The number of primary amides is 1. The Labute approximate surface area is 190 Å². The number of nitrogens with zero attached hydrogens (tertiary/aromatic N) is 2. The predicted molar refractivity (Wildman–Crippen MR) is 124 cm³/mol. The van der Waals surface area contributed by atoms with Crippen molar-refractivity contribution in [2.24, 2.45) is 5.73 Å². The summed E-state index contributed by atoms with van der Waals surface area (Å²) in [5, 5.41) is 4.23. The minimum Gasteiger partial charge on any atom is -0.366 e. The van der Waals surface area contributed by atoms with E-state index in [0.29, 0.717) is 24.7 Å². The Kier molecular flexibility index (Phi) is 5.65. The Morgan fingerprint density at radius 3 is 2.55 bits per heavy atom. The highest BCUT2D eigenvalue weighted by Crippen LogP contribution is 2.40. The van der Waals surface area contributed by atoms with Gasteiger partial charge in [0.1, 0.15) is 0 Å². The highest BCUT2D eigenvalue weighted by Gasteiger charge is 2.36. The van der Waals surface area contributed by atoms with Gasteiger partial charge < -0.3 is 10.6 Å². The van der Waals surface area contributed by atoms with Crippen LogP contribution < -0.4 is 5.73 Å². The summed E-state index contributed by atoms with van der Waals surface area (Å²) in [7, 11) is 0. The Morgan fingerprint density at radius 2 is 1.87 bits per heavy atom. The molecule has 31 heavy (non-hydrogen) atoms. The zero-order valence-electron chi connectivity index (χ0n) is 17.2. The maximum Gasteiger partial charge on any atom is 0.248 e. The number of rotatable bonds is 7. The van der Waals surface area contributed by atoms with Crippen LogP contribution in [-0.2, 0) is 17.8 Å². The molecule has 0 radical (unpaired) electrons. The Hall–Kier alpha value is -2.48. The Balaban J connectivity index is 1.34. The van der Waals surface area contributed by atoms with E-state index in [1.807, 2.05) is 12.1 Å². The first-order valence-electron chi connectivity index (χ1n) is 10.6. The summed E-state index contributed by atoms with van der Waals surface area (Å²) >= 11 is 3.52. The van der Waals surface area contributed by atoms with E-state index in [1.165, 1.54) is 15.3 Å². The van der Waals surface area contributed by atoms with Gasteiger partial charge in [-0.15, -0.1) is 22.7 Å². The molecule has 1 aliphatic carbocycles. The van der Waals surface area contributed by atoms with Gasteiger partial charge in [0, 0.05) is 34.4 Å². The van der Waals surface area contributed by atoms with Crippen molar-refractivity contribution in [1.29, 1.82) is 0 Å². The number of carbonyl (C=O) groups is 2. The van der Waals surface area contributed by atoms with Crippen LogP contribution in [0.2, 0.25) is 0 Å². The van der Waals surface area contributed by atoms with Gasteiger partial charge >= 0.3 is 0 Å². The van der Waals surface area contributed by atoms with Crippen molar-refractivity contribution in [3.63, 3.8) is 0 Å². The molecule has 3 heterocycles. The normalized spacial score (nSPS) is 18.2. The molecule has 1 aromatic carbocycles. The molecule has 1 unspecified atom stereocenters. The molecule has 2 aliphatic rings. The molecule has 1 aliphatic heterocycles. The number of fused-ring (bicyclic) bond motifs is 1. The first kappa shape index (κ1) is 20.4. The van der Waals surface area contributed by atoms with Crippen molar-refractivity contribution in [3.05, 3.63) is 79.7 Å². The minimum atomic E-state index is -0.418. The van der Waals surface area contributed by atoms with Gasteiger partial charge in [0.2, 0.25) is 11.8 Å². The molecule has 5 nitrogen and oxygen atoms in total. The molecule has 160 valence electrons. The van der Waals surface area contributed by atoms with Crippen molar-refractivity contribution < 1.29 is 9.59 Å². The van der Waals surface area contributed by atoms with Crippen LogP contribution in [-0.4, -0.2) is 40.7 Å². The molecule has 1 fully saturated rings. The molecule has 5 rings (SSSR count). The van der Waals surface area contributed by atoms with Crippen molar-refractivity contribution in [1.82, 2.24) is 9.80 Å². The number of benzene rings is 1. The lowest BCUT2D eigenvalue weighted by molar-refractivity contribution is -0.134. The Bertz CT molecular complexity index is 1070. The maximum atomic E-state index is 13.5. The standard InChI is InChI=1S/C24H25N3O2S2/c25-24(29)17-5-3-16(4-6-17)14-26(18-7-8-18)15-22(28)27-11-9-20-19(10-13-31-20)23(27)21-2-1-12-30-21/h1-6,10,12-13,18,23H,7-9,11,14-15H2,(H2,25,29). The number of thiophene rings is 2. The number of hydrogen-bond donors (Lipinski definition) is 1. The third kappa shape index (κ3) is 4.31. The van der Waals surface area contributed by atoms with Gasteiger partial charge in [-0.3, -0.25) is 14.5 Å². The molecular weight excluding hydrogens is 426 g/mol. The van der Waals surface area contributed by atoms with Gasteiger partial charge in [0.05, 0.1) is 12.6 Å². The van der Waals surface area contributed by atoms with E-state index >= 15 is 0 Å². The quantitative estimate of drug-likeness (QED) is 0.589. The van der Waals surface area contributed by atoms with Crippen molar-refractivity contribution in [2.75, 3.05) is 13.1 Å². The van der Waals surface area contributed by atoms with Crippen LogP contribution in [0, 0.1) is 0 Å². The second kappa shape index (κ2) is 8.57. The maximum absolute atomic E-state index is 13.5. The second-order valence-corrected chi connectivity index (χ2v) is 10.2. The molecule has 2 aromatic heterocycles. The average Bonchev–Trinajstić information content (AvgIpc) is 3.26. The fraction of sp³-hybridized carbons (Fsp3) is 0.333. The molecule has 0 bridgehead atoms. The summed E-state index contributed by atoms with van der Waals surface area (Å²) in [6.45, 7) is 1.89. The summed E-state index contributed by atoms with van der Waals surface area (Å²) in [5.41, 5.74) is 8.24. The summed E-state index contributed by atoms with van der Waals surface area (Å²) in [5.74, 6) is -0.228. The molecule has 1 saturated carbocycles. The van der Waals surface area contributed by atoms with Crippen LogP contribution in [0.4, 0.5) is 0 Å². The van der Waals surface area contributed by atoms with E-state index in [4.69, 9.17) is 5.73 Å². The van der Waals surface area contributed by atoms with E-state index in [0.717, 1.165) is 31.4 Å².